The van der Waals surface area contributed by atoms with Crippen molar-refractivity contribution in [1.82, 2.24) is 14.3 Å². The first kappa shape index (κ1) is 21.7. The van der Waals surface area contributed by atoms with Gasteiger partial charge in [0.05, 0.1) is 5.69 Å². The number of pyridine rings is 1. The maximum Gasteiger partial charge on any atom is 0.255 e. The lowest BCUT2D eigenvalue weighted by atomic mass is 10.0. The second-order valence-electron chi connectivity index (χ2n) is 8.45. The van der Waals surface area contributed by atoms with Crippen LogP contribution in [0.25, 0.3) is 5.65 Å². The summed E-state index contributed by atoms with van der Waals surface area (Å²) in [6, 6.07) is 18.3. The topological polar surface area (TPSA) is 75.9 Å². The molecule has 2 aromatic carbocycles. The van der Waals surface area contributed by atoms with Crippen LogP contribution < -0.4 is 10.1 Å². The summed E-state index contributed by atoms with van der Waals surface area (Å²) in [4.78, 5) is 32.2. The van der Waals surface area contributed by atoms with Gasteiger partial charge in [0.15, 0.2) is 0 Å². The van der Waals surface area contributed by atoms with Gasteiger partial charge in [-0.1, -0.05) is 18.2 Å². The van der Waals surface area contributed by atoms with E-state index < -0.39 is 0 Å². The van der Waals surface area contributed by atoms with Gasteiger partial charge < -0.3 is 19.4 Å². The van der Waals surface area contributed by atoms with Crippen LogP contribution in [0, 0.1) is 6.92 Å². The molecule has 2 aromatic heterocycles. The summed E-state index contributed by atoms with van der Waals surface area (Å²) >= 11 is 0. The molecular weight excluding hydrogens is 428 g/mol. The molecule has 0 aliphatic carbocycles. The molecule has 4 aromatic rings. The van der Waals surface area contributed by atoms with Crippen molar-refractivity contribution in [1.29, 1.82) is 0 Å². The molecular formula is C27H26N4O3. The molecule has 2 amide bonds. The Hall–Kier alpha value is -4.13. The molecule has 0 saturated carbocycles. The number of hydrogen-bond acceptors (Lipinski definition) is 4. The lowest BCUT2D eigenvalue weighted by Gasteiger charge is -2.18. The summed E-state index contributed by atoms with van der Waals surface area (Å²) in [5.74, 6) is 0.347. The normalized spacial score (nSPS) is 13.3. The molecule has 7 heteroatoms. The Kier molecular flexibility index (Phi) is 5.99. The third-order valence-electron chi connectivity index (χ3n) is 6.10. The molecule has 7 nitrogen and oxygen atoms in total. The molecule has 0 radical (unpaired) electrons. The van der Waals surface area contributed by atoms with Crippen molar-refractivity contribution in [3.63, 3.8) is 0 Å². The van der Waals surface area contributed by atoms with Gasteiger partial charge in [0, 0.05) is 42.3 Å². The van der Waals surface area contributed by atoms with Crippen molar-refractivity contribution in [2.24, 2.45) is 0 Å². The first-order chi connectivity index (χ1) is 16.6. The monoisotopic (exact) mass is 454 g/mol. The van der Waals surface area contributed by atoms with Crippen molar-refractivity contribution in [3.05, 3.63) is 95.4 Å². The van der Waals surface area contributed by atoms with Crippen LogP contribution in [0.5, 0.6) is 5.75 Å². The SMILES string of the molecule is Cc1c(NC(=O)c2cccc(OCc3cn4ccccc4n3)c2)cccc1C(=O)N1CCCC1. The molecule has 1 N–H and O–H groups in total. The largest absolute Gasteiger partial charge is 0.487 e. The summed E-state index contributed by atoms with van der Waals surface area (Å²) < 4.78 is 7.83. The van der Waals surface area contributed by atoms with Crippen LogP contribution in [-0.2, 0) is 6.61 Å². The number of likely N-dealkylation sites (tertiary alicyclic amines) is 1. The molecule has 3 heterocycles. The first-order valence-electron chi connectivity index (χ1n) is 11.4. The number of imidazole rings is 1. The van der Waals surface area contributed by atoms with Crippen LogP contribution in [0.15, 0.2) is 73.1 Å². The third kappa shape index (κ3) is 4.50. The lowest BCUT2D eigenvalue weighted by molar-refractivity contribution is 0.0791. The van der Waals surface area contributed by atoms with Gasteiger partial charge in [-0.05, 0) is 67.8 Å². The number of fused-ring (bicyclic) bond motifs is 1. The van der Waals surface area contributed by atoms with Gasteiger partial charge in [0.2, 0.25) is 0 Å². The number of carbonyl (C=O) groups excluding carboxylic acids is 2. The fourth-order valence-electron chi connectivity index (χ4n) is 4.23. The number of anilines is 1. The zero-order chi connectivity index (χ0) is 23.5. The van der Waals surface area contributed by atoms with E-state index in [2.05, 4.69) is 10.3 Å². The fraction of sp³-hybridized carbons (Fsp3) is 0.222. The Labute approximate surface area is 198 Å². The minimum Gasteiger partial charge on any atom is -0.487 e. The van der Waals surface area contributed by atoms with Crippen LogP contribution >= 0.6 is 0 Å². The van der Waals surface area contributed by atoms with E-state index in [9.17, 15) is 9.59 Å². The summed E-state index contributed by atoms with van der Waals surface area (Å²) in [6.07, 6.45) is 5.94. The van der Waals surface area contributed by atoms with E-state index >= 15 is 0 Å². The Balaban J connectivity index is 1.27. The van der Waals surface area contributed by atoms with E-state index in [-0.39, 0.29) is 11.8 Å². The maximum atomic E-state index is 13.0. The molecule has 0 bridgehead atoms. The number of amides is 2. The number of rotatable bonds is 6. The van der Waals surface area contributed by atoms with Crippen LogP contribution in [0.1, 0.15) is 44.8 Å². The molecule has 1 aliphatic rings. The highest BCUT2D eigenvalue weighted by molar-refractivity contribution is 6.06. The molecule has 1 saturated heterocycles. The van der Waals surface area contributed by atoms with Gasteiger partial charge in [-0.25, -0.2) is 4.98 Å². The van der Waals surface area contributed by atoms with Crippen molar-refractivity contribution < 1.29 is 14.3 Å². The van der Waals surface area contributed by atoms with Gasteiger partial charge in [0.25, 0.3) is 11.8 Å². The van der Waals surface area contributed by atoms with Crippen LogP contribution in [0.2, 0.25) is 0 Å². The lowest BCUT2D eigenvalue weighted by Crippen LogP contribution is -2.28. The second kappa shape index (κ2) is 9.39. The number of nitrogens with zero attached hydrogens (tertiary/aromatic N) is 3. The molecule has 172 valence electrons. The minimum atomic E-state index is -0.257. The summed E-state index contributed by atoms with van der Waals surface area (Å²) in [6.45, 7) is 3.74. The highest BCUT2D eigenvalue weighted by Gasteiger charge is 2.22. The van der Waals surface area contributed by atoms with Gasteiger partial charge in [-0.3, -0.25) is 9.59 Å². The summed E-state index contributed by atoms with van der Waals surface area (Å²) in [5.41, 5.74) is 4.16. The minimum absolute atomic E-state index is 0.0217. The van der Waals surface area contributed by atoms with Crippen LogP contribution in [-0.4, -0.2) is 39.2 Å². The zero-order valence-corrected chi connectivity index (χ0v) is 19.0. The van der Waals surface area contributed by atoms with E-state index in [0.29, 0.717) is 29.2 Å². The van der Waals surface area contributed by atoms with Crippen LogP contribution in [0.3, 0.4) is 0 Å². The average molecular weight is 455 g/mol. The number of benzene rings is 2. The van der Waals surface area contributed by atoms with Crippen LogP contribution in [0.4, 0.5) is 5.69 Å². The van der Waals surface area contributed by atoms with Gasteiger partial charge in [-0.15, -0.1) is 0 Å². The van der Waals surface area contributed by atoms with Gasteiger partial charge in [-0.2, -0.15) is 0 Å². The van der Waals surface area contributed by atoms with E-state index in [1.54, 1.807) is 24.3 Å². The summed E-state index contributed by atoms with van der Waals surface area (Å²) in [7, 11) is 0. The number of carbonyl (C=O) groups is 2. The fourth-order valence-corrected chi connectivity index (χ4v) is 4.23. The maximum absolute atomic E-state index is 13.0. The molecule has 34 heavy (non-hydrogen) atoms. The van der Waals surface area contributed by atoms with Crippen molar-refractivity contribution in [2.45, 2.75) is 26.4 Å². The number of aromatic nitrogens is 2. The van der Waals surface area contributed by atoms with E-state index in [0.717, 1.165) is 42.8 Å². The number of ether oxygens (including phenoxy) is 1. The summed E-state index contributed by atoms with van der Waals surface area (Å²) in [5, 5.41) is 2.95. The first-order valence-corrected chi connectivity index (χ1v) is 11.4. The Bertz CT molecular complexity index is 1320. The predicted octanol–water partition coefficient (Wildman–Crippen LogP) is 4.71. The Morgan fingerprint density at radius 2 is 1.85 bits per heavy atom. The van der Waals surface area contributed by atoms with E-state index in [4.69, 9.17) is 4.74 Å². The molecule has 1 aliphatic heterocycles. The standard InChI is InChI=1S/C27H26N4O3/c1-19-23(27(33)30-13-4-5-14-30)10-7-11-24(19)29-26(32)20-8-6-9-22(16-20)34-18-21-17-31-15-3-2-12-25(31)28-21/h2-3,6-12,15-17H,4-5,13-14,18H2,1H3,(H,29,32). The third-order valence-corrected chi connectivity index (χ3v) is 6.10. The number of nitrogens with one attached hydrogen (secondary N) is 1. The van der Waals surface area contributed by atoms with Gasteiger partial charge in [0.1, 0.15) is 18.0 Å². The van der Waals surface area contributed by atoms with E-state index in [1.807, 2.05) is 65.0 Å². The molecule has 0 spiro atoms. The second-order valence-corrected chi connectivity index (χ2v) is 8.45. The quantitative estimate of drug-likeness (QED) is 0.458. The smallest absolute Gasteiger partial charge is 0.255 e. The Morgan fingerprint density at radius 3 is 2.68 bits per heavy atom. The average Bonchev–Trinajstić information content (AvgIpc) is 3.54. The zero-order valence-electron chi connectivity index (χ0n) is 19.0. The van der Waals surface area contributed by atoms with Gasteiger partial charge >= 0.3 is 0 Å². The van der Waals surface area contributed by atoms with E-state index in [1.165, 1.54) is 0 Å². The van der Waals surface area contributed by atoms with Crippen molar-refractivity contribution >= 4 is 23.1 Å². The molecule has 0 atom stereocenters. The molecule has 0 unspecified atom stereocenters. The molecule has 1 fully saturated rings. The predicted molar refractivity (Wildman–Crippen MR) is 130 cm³/mol. The highest BCUT2D eigenvalue weighted by atomic mass is 16.5. The molecule has 5 rings (SSSR count). The van der Waals surface area contributed by atoms with Crippen molar-refractivity contribution in [2.75, 3.05) is 18.4 Å². The highest BCUT2D eigenvalue weighted by Crippen LogP contribution is 2.23. The number of hydrogen-bond donors (Lipinski definition) is 1. The Morgan fingerprint density at radius 1 is 1.03 bits per heavy atom. The van der Waals surface area contributed by atoms with Crippen molar-refractivity contribution in [3.8, 4) is 5.75 Å².